The Morgan fingerprint density at radius 1 is 1.20 bits per heavy atom. The van der Waals surface area contributed by atoms with E-state index in [1.54, 1.807) is 12.1 Å². The maximum absolute atomic E-state index is 13.8. The Morgan fingerprint density at radius 3 is 2.88 bits per heavy atom. The Labute approximate surface area is 148 Å². The second kappa shape index (κ2) is 6.57. The SMILES string of the molecule is CN1CCCN(C(=O)[C@@H]2CN(C)[C@H]3c4cc(F)ccc4OC[C@@H]23)CC1. The van der Waals surface area contributed by atoms with E-state index in [1.165, 1.54) is 6.07 Å². The maximum atomic E-state index is 13.8. The third kappa shape index (κ3) is 3.02. The zero-order valence-corrected chi connectivity index (χ0v) is 14.9. The van der Waals surface area contributed by atoms with Gasteiger partial charge >= 0.3 is 0 Å². The van der Waals surface area contributed by atoms with E-state index in [4.69, 9.17) is 4.74 Å². The summed E-state index contributed by atoms with van der Waals surface area (Å²) in [5.74, 6) is 0.751. The summed E-state index contributed by atoms with van der Waals surface area (Å²) in [5, 5.41) is 0. The molecule has 2 saturated heterocycles. The summed E-state index contributed by atoms with van der Waals surface area (Å²) in [4.78, 5) is 19.7. The van der Waals surface area contributed by atoms with E-state index in [-0.39, 0.29) is 29.6 Å². The van der Waals surface area contributed by atoms with E-state index >= 15 is 0 Å². The standard InChI is InChI=1S/C19H26FN3O2/c1-21-6-3-7-23(9-8-21)19(24)15-11-22(2)18-14-10-13(20)4-5-17(14)25-12-16(15)18/h4-5,10,15-16,18H,3,6-9,11-12H2,1-2H3/t15-,16+,18+/m1/s1. The molecule has 0 aliphatic carbocycles. The van der Waals surface area contributed by atoms with Gasteiger partial charge in [-0.1, -0.05) is 0 Å². The predicted molar refractivity (Wildman–Crippen MR) is 92.9 cm³/mol. The zero-order chi connectivity index (χ0) is 17.6. The minimum absolute atomic E-state index is 0.0584. The van der Waals surface area contributed by atoms with Crippen LogP contribution in [0.1, 0.15) is 18.0 Å². The van der Waals surface area contributed by atoms with Crippen LogP contribution >= 0.6 is 0 Å². The van der Waals surface area contributed by atoms with Crippen LogP contribution in [-0.2, 0) is 4.79 Å². The van der Waals surface area contributed by atoms with Gasteiger partial charge in [0.25, 0.3) is 0 Å². The Morgan fingerprint density at radius 2 is 2.04 bits per heavy atom. The molecule has 0 bridgehead atoms. The van der Waals surface area contributed by atoms with Gasteiger partial charge in [0.1, 0.15) is 11.6 Å². The van der Waals surface area contributed by atoms with Crippen LogP contribution < -0.4 is 4.74 Å². The first kappa shape index (κ1) is 16.8. The van der Waals surface area contributed by atoms with Crippen molar-refractivity contribution in [2.24, 2.45) is 11.8 Å². The monoisotopic (exact) mass is 347 g/mol. The number of fused-ring (bicyclic) bond motifs is 3. The molecular weight excluding hydrogens is 321 g/mol. The van der Waals surface area contributed by atoms with E-state index in [1.807, 2.05) is 11.9 Å². The van der Waals surface area contributed by atoms with Crippen LogP contribution in [0.25, 0.3) is 0 Å². The summed E-state index contributed by atoms with van der Waals surface area (Å²) in [7, 11) is 4.13. The molecule has 0 N–H and O–H groups in total. The van der Waals surface area contributed by atoms with E-state index in [2.05, 4.69) is 16.8 Å². The van der Waals surface area contributed by atoms with Crippen molar-refractivity contribution in [2.75, 3.05) is 53.4 Å². The molecule has 136 valence electrons. The van der Waals surface area contributed by atoms with Gasteiger partial charge in [0, 0.05) is 43.7 Å². The van der Waals surface area contributed by atoms with Crippen molar-refractivity contribution in [1.29, 1.82) is 0 Å². The van der Waals surface area contributed by atoms with E-state index < -0.39 is 0 Å². The molecule has 3 aliphatic heterocycles. The number of benzene rings is 1. The lowest BCUT2D eigenvalue weighted by Gasteiger charge is -2.34. The number of rotatable bonds is 1. The first-order valence-electron chi connectivity index (χ1n) is 9.14. The number of hydrogen-bond acceptors (Lipinski definition) is 4. The quantitative estimate of drug-likeness (QED) is 0.773. The summed E-state index contributed by atoms with van der Waals surface area (Å²) in [6.07, 6.45) is 1.02. The van der Waals surface area contributed by atoms with Gasteiger partial charge < -0.3 is 14.5 Å². The van der Waals surface area contributed by atoms with Crippen LogP contribution in [0.2, 0.25) is 0 Å². The lowest BCUT2D eigenvalue weighted by molar-refractivity contribution is -0.136. The molecule has 0 unspecified atom stereocenters. The molecule has 4 rings (SSSR count). The minimum Gasteiger partial charge on any atom is -0.493 e. The van der Waals surface area contributed by atoms with Crippen molar-refractivity contribution in [1.82, 2.24) is 14.7 Å². The Hall–Kier alpha value is -1.66. The maximum Gasteiger partial charge on any atom is 0.227 e. The van der Waals surface area contributed by atoms with Crippen LogP contribution in [-0.4, -0.2) is 74.0 Å². The van der Waals surface area contributed by atoms with Gasteiger partial charge in [-0.15, -0.1) is 0 Å². The third-order valence-corrected chi connectivity index (χ3v) is 5.95. The van der Waals surface area contributed by atoms with Crippen molar-refractivity contribution >= 4 is 5.91 Å². The Bertz CT molecular complexity index is 668. The molecule has 0 aromatic heterocycles. The largest absolute Gasteiger partial charge is 0.493 e. The molecule has 1 amide bonds. The molecule has 0 spiro atoms. The first-order valence-corrected chi connectivity index (χ1v) is 9.14. The van der Waals surface area contributed by atoms with E-state index in [0.29, 0.717) is 13.2 Å². The number of hydrogen-bond donors (Lipinski definition) is 0. The number of carbonyl (C=O) groups excluding carboxylic acids is 1. The van der Waals surface area contributed by atoms with Crippen molar-refractivity contribution in [3.05, 3.63) is 29.6 Å². The zero-order valence-electron chi connectivity index (χ0n) is 14.9. The molecule has 3 atom stereocenters. The minimum atomic E-state index is -0.248. The summed E-state index contributed by atoms with van der Waals surface area (Å²) in [5.41, 5.74) is 0.879. The summed E-state index contributed by atoms with van der Waals surface area (Å²) >= 11 is 0. The van der Waals surface area contributed by atoms with Crippen molar-refractivity contribution in [3.63, 3.8) is 0 Å². The number of carbonyl (C=O) groups is 1. The average molecular weight is 347 g/mol. The highest BCUT2D eigenvalue weighted by molar-refractivity contribution is 5.80. The Kier molecular flexibility index (Phi) is 4.41. The first-order chi connectivity index (χ1) is 12.0. The van der Waals surface area contributed by atoms with Gasteiger partial charge in [0.05, 0.1) is 12.5 Å². The van der Waals surface area contributed by atoms with Gasteiger partial charge in [-0.25, -0.2) is 4.39 Å². The number of likely N-dealkylation sites (tertiary alicyclic amines) is 1. The van der Waals surface area contributed by atoms with Gasteiger partial charge in [0.15, 0.2) is 0 Å². The highest BCUT2D eigenvalue weighted by Gasteiger charge is 2.48. The summed E-state index contributed by atoms with van der Waals surface area (Å²) in [6, 6.07) is 4.76. The number of amides is 1. The second-order valence-electron chi connectivity index (χ2n) is 7.63. The van der Waals surface area contributed by atoms with Crippen molar-refractivity contribution in [3.8, 4) is 5.75 Å². The third-order valence-electron chi connectivity index (χ3n) is 5.95. The fourth-order valence-corrected chi connectivity index (χ4v) is 4.61. The molecule has 3 heterocycles. The molecule has 0 saturated carbocycles. The number of likely N-dealkylation sites (N-methyl/N-ethyl adjacent to an activating group) is 1. The molecule has 0 radical (unpaired) electrons. The van der Waals surface area contributed by atoms with Crippen LogP contribution in [0.15, 0.2) is 18.2 Å². The topological polar surface area (TPSA) is 36.0 Å². The van der Waals surface area contributed by atoms with Gasteiger partial charge in [-0.05, 0) is 45.3 Å². The van der Waals surface area contributed by atoms with Gasteiger partial charge in [-0.3, -0.25) is 9.69 Å². The van der Waals surface area contributed by atoms with Gasteiger partial charge in [-0.2, -0.15) is 0 Å². The van der Waals surface area contributed by atoms with Crippen LogP contribution in [0, 0.1) is 17.7 Å². The summed E-state index contributed by atoms with van der Waals surface area (Å²) in [6.45, 7) is 4.81. The fraction of sp³-hybridized carbons (Fsp3) is 0.632. The second-order valence-corrected chi connectivity index (χ2v) is 7.63. The predicted octanol–water partition coefficient (Wildman–Crippen LogP) is 1.60. The highest BCUT2D eigenvalue weighted by Crippen LogP contribution is 2.47. The molecule has 6 heteroatoms. The molecular formula is C19H26FN3O2. The smallest absolute Gasteiger partial charge is 0.227 e. The lowest BCUT2D eigenvalue weighted by atomic mass is 9.84. The normalized spacial score (nSPS) is 30.4. The molecule has 5 nitrogen and oxygen atoms in total. The average Bonchev–Trinajstić information content (AvgIpc) is 2.78. The van der Waals surface area contributed by atoms with Gasteiger partial charge in [0.2, 0.25) is 5.91 Å². The van der Waals surface area contributed by atoms with Crippen molar-refractivity contribution in [2.45, 2.75) is 12.5 Å². The van der Waals surface area contributed by atoms with E-state index in [0.717, 1.165) is 43.9 Å². The molecule has 25 heavy (non-hydrogen) atoms. The number of ether oxygens (including phenoxy) is 1. The number of halogens is 1. The molecule has 1 aromatic rings. The Balaban J connectivity index is 1.56. The molecule has 2 fully saturated rings. The fourth-order valence-electron chi connectivity index (χ4n) is 4.61. The van der Waals surface area contributed by atoms with Crippen LogP contribution in [0.4, 0.5) is 4.39 Å². The lowest BCUT2D eigenvalue weighted by Crippen LogP contribution is -2.42. The van der Waals surface area contributed by atoms with Crippen LogP contribution in [0.3, 0.4) is 0 Å². The highest BCUT2D eigenvalue weighted by atomic mass is 19.1. The summed E-state index contributed by atoms with van der Waals surface area (Å²) < 4.78 is 19.6. The van der Waals surface area contributed by atoms with Crippen LogP contribution in [0.5, 0.6) is 5.75 Å². The molecule has 3 aliphatic rings. The molecule has 1 aromatic carbocycles. The van der Waals surface area contributed by atoms with E-state index in [9.17, 15) is 9.18 Å². The van der Waals surface area contributed by atoms with Crippen molar-refractivity contribution < 1.29 is 13.9 Å². The number of nitrogens with zero attached hydrogens (tertiary/aromatic N) is 3.